The van der Waals surface area contributed by atoms with Crippen molar-refractivity contribution in [3.05, 3.63) is 12.1 Å². The van der Waals surface area contributed by atoms with E-state index >= 15 is 0 Å². The van der Waals surface area contributed by atoms with Crippen LogP contribution < -0.4 is 10.2 Å². The highest BCUT2D eigenvalue weighted by atomic mass is 32.1. The Morgan fingerprint density at radius 1 is 1.12 bits per heavy atom. The molecule has 2 aliphatic rings. The van der Waals surface area contributed by atoms with Gasteiger partial charge in [0, 0.05) is 35.0 Å². The summed E-state index contributed by atoms with van der Waals surface area (Å²) in [6.07, 6.45) is 8.10. The van der Waals surface area contributed by atoms with Gasteiger partial charge in [-0.15, -0.1) is 25.3 Å². The summed E-state index contributed by atoms with van der Waals surface area (Å²) >= 11 is 9.16. The van der Waals surface area contributed by atoms with Crippen molar-refractivity contribution < 1.29 is 9.53 Å². The quantitative estimate of drug-likeness (QED) is 0.663. The summed E-state index contributed by atoms with van der Waals surface area (Å²) in [5, 5.41) is 3.01. The van der Waals surface area contributed by atoms with Gasteiger partial charge >= 0.3 is 0 Å². The number of thiol groups is 2. The summed E-state index contributed by atoms with van der Waals surface area (Å²) in [5.74, 6) is 0.782. The molecule has 4 nitrogen and oxygen atoms in total. The first-order chi connectivity index (χ1) is 12.1. The molecule has 0 radical (unpaired) electrons. The molecule has 0 atom stereocenters. The Labute approximate surface area is 161 Å². The van der Waals surface area contributed by atoms with Gasteiger partial charge in [-0.1, -0.05) is 32.1 Å². The van der Waals surface area contributed by atoms with E-state index in [0.717, 1.165) is 53.9 Å². The average molecular weight is 381 g/mol. The molecule has 138 valence electrons. The average Bonchev–Trinajstić information content (AvgIpc) is 2.64. The van der Waals surface area contributed by atoms with E-state index in [0.29, 0.717) is 12.3 Å². The molecule has 1 saturated carbocycles. The van der Waals surface area contributed by atoms with Crippen molar-refractivity contribution in [2.45, 2.75) is 54.7 Å². The van der Waals surface area contributed by atoms with E-state index in [2.05, 4.69) is 35.5 Å². The van der Waals surface area contributed by atoms with Gasteiger partial charge < -0.3 is 15.0 Å². The molecule has 2 fully saturated rings. The van der Waals surface area contributed by atoms with Gasteiger partial charge in [0.1, 0.15) is 0 Å². The largest absolute Gasteiger partial charge is 0.378 e. The number of nitrogens with zero attached hydrogens (tertiary/aromatic N) is 1. The monoisotopic (exact) mass is 380 g/mol. The molecule has 25 heavy (non-hydrogen) atoms. The zero-order valence-electron chi connectivity index (χ0n) is 14.7. The number of hydrogen-bond acceptors (Lipinski definition) is 5. The fourth-order valence-corrected chi connectivity index (χ4v) is 4.45. The van der Waals surface area contributed by atoms with E-state index in [1.54, 1.807) is 0 Å². The highest BCUT2D eigenvalue weighted by Crippen LogP contribution is 2.34. The topological polar surface area (TPSA) is 41.6 Å². The molecule has 1 N–H and O–H groups in total. The Bertz CT molecular complexity index is 574. The molecule has 1 aliphatic heterocycles. The van der Waals surface area contributed by atoms with E-state index < -0.39 is 0 Å². The summed E-state index contributed by atoms with van der Waals surface area (Å²) in [5.41, 5.74) is 1.80. The van der Waals surface area contributed by atoms with Crippen LogP contribution in [0.3, 0.4) is 0 Å². The summed E-state index contributed by atoms with van der Waals surface area (Å²) in [6, 6.07) is 4.01. The van der Waals surface area contributed by atoms with Crippen molar-refractivity contribution >= 4 is 42.5 Å². The van der Waals surface area contributed by atoms with Crippen molar-refractivity contribution in [3.8, 4) is 0 Å². The zero-order chi connectivity index (χ0) is 17.6. The lowest BCUT2D eigenvalue weighted by Gasteiger charge is -2.29. The second-order valence-electron chi connectivity index (χ2n) is 7.05. The molecule has 1 saturated heterocycles. The summed E-state index contributed by atoms with van der Waals surface area (Å²) in [6.45, 7) is 3.22. The number of anilines is 2. The van der Waals surface area contributed by atoms with Gasteiger partial charge in [0.25, 0.3) is 0 Å². The standard InChI is InChI=1S/C19H28N2O2S2/c22-18(7-6-14-4-2-1-3-5-14)20-19-16(24)12-15(13-17(19)25)21-8-10-23-11-9-21/h12-14,24-25H,1-11H2,(H,20,22). The second kappa shape index (κ2) is 9.19. The smallest absolute Gasteiger partial charge is 0.224 e. The minimum atomic E-state index is 0.0651. The number of benzene rings is 1. The van der Waals surface area contributed by atoms with Crippen LogP contribution in [0, 0.1) is 5.92 Å². The molecule has 0 unspecified atom stereocenters. The summed E-state index contributed by atoms with van der Waals surface area (Å²) < 4.78 is 5.40. The van der Waals surface area contributed by atoms with Crippen LogP contribution >= 0.6 is 25.3 Å². The van der Waals surface area contributed by atoms with Crippen LogP contribution in [-0.2, 0) is 9.53 Å². The second-order valence-corrected chi connectivity index (χ2v) is 8.01. The maximum Gasteiger partial charge on any atom is 0.224 e. The van der Waals surface area contributed by atoms with Crippen LogP contribution in [0.25, 0.3) is 0 Å². The minimum Gasteiger partial charge on any atom is -0.378 e. The molecule has 0 spiro atoms. The Hall–Kier alpha value is -0.850. The fourth-order valence-electron chi connectivity index (χ4n) is 3.74. The number of amides is 1. The van der Waals surface area contributed by atoms with E-state index in [-0.39, 0.29) is 5.91 Å². The van der Waals surface area contributed by atoms with Crippen molar-refractivity contribution in [2.24, 2.45) is 5.92 Å². The van der Waals surface area contributed by atoms with Gasteiger partial charge in [-0.25, -0.2) is 0 Å². The molecule has 1 heterocycles. The maximum atomic E-state index is 12.3. The van der Waals surface area contributed by atoms with Gasteiger partial charge in [0.15, 0.2) is 0 Å². The predicted octanol–water partition coefficient (Wildman–Crippen LogP) is 4.40. The highest BCUT2D eigenvalue weighted by molar-refractivity contribution is 7.81. The van der Waals surface area contributed by atoms with E-state index in [1.807, 2.05) is 12.1 Å². The lowest BCUT2D eigenvalue weighted by atomic mass is 9.86. The lowest BCUT2D eigenvalue weighted by molar-refractivity contribution is -0.116. The van der Waals surface area contributed by atoms with Gasteiger partial charge in [0.2, 0.25) is 5.91 Å². The summed E-state index contributed by atoms with van der Waals surface area (Å²) in [4.78, 5) is 16.1. The minimum absolute atomic E-state index is 0.0651. The van der Waals surface area contributed by atoms with E-state index in [1.165, 1.54) is 32.1 Å². The van der Waals surface area contributed by atoms with Crippen molar-refractivity contribution in [1.29, 1.82) is 0 Å². The fraction of sp³-hybridized carbons (Fsp3) is 0.632. The normalized spacial score (nSPS) is 19.0. The van der Waals surface area contributed by atoms with Crippen molar-refractivity contribution in [3.63, 3.8) is 0 Å². The number of carbonyl (C=O) groups excluding carboxylic acids is 1. The SMILES string of the molecule is O=C(CCC1CCCCC1)Nc1c(S)cc(N2CCOCC2)cc1S. The van der Waals surface area contributed by atoms with Crippen LogP contribution in [0.5, 0.6) is 0 Å². The van der Waals surface area contributed by atoms with E-state index in [4.69, 9.17) is 4.74 Å². The number of ether oxygens (including phenoxy) is 1. The van der Waals surface area contributed by atoms with Gasteiger partial charge in [-0.3, -0.25) is 4.79 Å². The zero-order valence-corrected chi connectivity index (χ0v) is 16.5. The molecule has 3 rings (SSSR count). The van der Waals surface area contributed by atoms with Crippen LogP contribution in [0.15, 0.2) is 21.9 Å². The van der Waals surface area contributed by atoms with Gasteiger partial charge in [-0.05, 0) is 24.5 Å². The molecule has 1 aliphatic carbocycles. The Morgan fingerprint density at radius 2 is 1.76 bits per heavy atom. The number of morpholine rings is 1. The number of carbonyl (C=O) groups is 1. The molecule has 6 heteroatoms. The van der Waals surface area contributed by atoms with Crippen LogP contribution in [0.2, 0.25) is 0 Å². The molecule has 1 aromatic carbocycles. The number of hydrogen-bond donors (Lipinski definition) is 3. The third-order valence-corrected chi connectivity index (χ3v) is 5.93. The maximum absolute atomic E-state index is 12.3. The Balaban J connectivity index is 1.58. The number of nitrogens with one attached hydrogen (secondary N) is 1. The Morgan fingerprint density at radius 3 is 2.40 bits per heavy atom. The first-order valence-electron chi connectivity index (χ1n) is 9.32. The van der Waals surface area contributed by atoms with Crippen LogP contribution in [0.4, 0.5) is 11.4 Å². The molecular weight excluding hydrogens is 352 g/mol. The van der Waals surface area contributed by atoms with Gasteiger partial charge in [0.05, 0.1) is 18.9 Å². The molecule has 0 aromatic heterocycles. The first-order valence-corrected chi connectivity index (χ1v) is 10.2. The number of rotatable bonds is 5. The molecular formula is C19H28N2O2S2. The van der Waals surface area contributed by atoms with Crippen molar-refractivity contribution in [1.82, 2.24) is 0 Å². The first kappa shape index (κ1) is 18.9. The van der Waals surface area contributed by atoms with Gasteiger partial charge in [-0.2, -0.15) is 0 Å². The third-order valence-electron chi connectivity index (χ3n) is 5.23. The van der Waals surface area contributed by atoms with Crippen LogP contribution in [0.1, 0.15) is 44.9 Å². The molecule has 0 bridgehead atoms. The highest BCUT2D eigenvalue weighted by Gasteiger charge is 2.18. The molecule has 1 aromatic rings. The Kier molecular flexibility index (Phi) is 6.96. The summed E-state index contributed by atoms with van der Waals surface area (Å²) in [7, 11) is 0. The van der Waals surface area contributed by atoms with E-state index in [9.17, 15) is 4.79 Å². The lowest BCUT2D eigenvalue weighted by Crippen LogP contribution is -2.36. The third kappa shape index (κ3) is 5.31. The predicted molar refractivity (Wildman–Crippen MR) is 108 cm³/mol. The van der Waals surface area contributed by atoms with Crippen LogP contribution in [-0.4, -0.2) is 32.2 Å². The van der Waals surface area contributed by atoms with Crippen molar-refractivity contribution in [2.75, 3.05) is 36.5 Å². The molecule has 1 amide bonds.